The van der Waals surface area contributed by atoms with Crippen LogP contribution in [0.5, 0.6) is 0 Å². The quantitative estimate of drug-likeness (QED) is 0.117. The van der Waals surface area contributed by atoms with Crippen molar-refractivity contribution in [3.63, 3.8) is 0 Å². The van der Waals surface area contributed by atoms with Crippen LogP contribution in [-0.2, 0) is 0 Å². The first kappa shape index (κ1) is 27.3. The number of pyridine rings is 1. The first-order valence-corrected chi connectivity index (χ1v) is 17.1. The van der Waals surface area contributed by atoms with Crippen molar-refractivity contribution in [2.45, 2.75) is 0 Å². The molecule has 0 saturated carbocycles. The summed E-state index contributed by atoms with van der Waals surface area (Å²) in [5, 5.41) is 31.4. The molecular formula is C48H28N2. The van der Waals surface area contributed by atoms with Gasteiger partial charge in [-0.15, -0.1) is 0 Å². The Balaban J connectivity index is 1.46. The van der Waals surface area contributed by atoms with Crippen LogP contribution in [0.2, 0.25) is 0 Å². The second-order valence-electron chi connectivity index (χ2n) is 13.4. The lowest BCUT2D eigenvalue weighted by molar-refractivity contribution is 1.34. The maximum absolute atomic E-state index is 9.71. The van der Waals surface area contributed by atoms with Gasteiger partial charge in [0.25, 0.3) is 0 Å². The van der Waals surface area contributed by atoms with E-state index in [0.717, 1.165) is 38.4 Å². The Morgan fingerprint density at radius 2 is 1.06 bits per heavy atom. The molecule has 0 aliphatic rings. The van der Waals surface area contributed by atoms with Gasteiger partial charge >= 0.3 is 0 Å². The first-order chi connectivity index (χ1) is 24.7. The molecule has 1 heterocycles. The minimum atomic E-state index is 0.465. The first-order valence-electron chi connectivity index (χ1n) is 17.1. The Morgan fingerprint density at radius 3 is 1.76 bits per heavy atom. The molecule has 230 valence electrons. The molecule has 1 aromatic heterocycles. The molecule has 11 rings (SSSR count). The normalized spacial score (nSPS) is 12.5. The van der Waals surface area contributed by atoms with E-state index in [1.807, 2.05) is 24.4 Å². The predicted molar refractivity (Wildman–Crippen MR) is 216 cm³/mol. The molecule has 50 heavy (non-hydrogen) atoms. The highest BCUT2D eigenvalue weighted by Gasteiger charge is 2.26. The molecule has 11 aromatic rings. The lowest BCUT2D eigenvalue weighted by Gasteiger charge is -2.16. The molecule has 0 aliphatic carbocycles. The van der Waals surface area contributed by atoms with Crippen molar-refractivity contribution in [3.8, 4) is 11.3 Å². The third kappa shape index (κ3) is 3.47. The molecule has 0 unspecified atom stereocenters. The van der Waals surface area contributed by atoms with Crippen molar-refractivity contribution in [2.24, 2.45) is 0 Å². The Bertz CT molecular complexity index is 3280. The fourth-order valence-electron chi connectivity index (χ4n) is 8.99. The third-order valence-electron chi connectivity index (χ3n) is 10.9. The summed E-state index contributed by atoms with van der Waals surface area (Å²) in [5.74, 6) is 0. The number of hydrogen-bond acceptors (Lipinski definition) is 2. The predicted octanol–water partition coefficient (Wildman–Crippen LogP) is 13.1. The minimum Gasteiger partial charge on any atom is -0.300 e. The molecule has 0 atom stereocenters. The Kier molecular flexibility index (Phi) is 5.44. The molecule has 10 aromatic carbocycles. The van der Waals surface area contributed by atoms with Crippen molar-refractivity contribution in [3.05, 3.63) is 164 Å². The summed E-state index contributed by atoms with van der Waals surface area (Å²) in [6.07, 6.45) is 7.41. The van der Waals surface area contributed by atoms with Crippen LogP contribution >= 0.6 is 0 Å². The summed E-state index contributed by atoms with van der Waals surface area (Å²) in [7, 11) is 0. The number of rotatable bonds is 4. The van der Waals surface area contributed by atoms with Gasteiger partial charge < -0.3 is 5.41 Å². The summed E-state index contributed by atoms with van der Waals surface area (Å²) < 4.78 is 0. The van der Waals surface area contributed by atoms with E-state index in [1.54, 1.807) is 6.08 Å². The van der Waals surface area contributed by atoms with Crippen LogP contribution in [0.4, 0.5) is 0 Å². The fraction of sp³-hybridized carbons (Fsp3) is 0. The van der Waals surface area contributed by atoms with Gasteiger partial charge in [0.2, 0.25) is 0 Å². The molecule has 1 N–H and O–H groups in total. The van der Waals surface area contributed by atoms with Crippen LogP contribution in [0, 0.1) is 5.41 Å². The molecule has 2 heteroatoms. The number of fused-ring (bicyclic) bond motifs is 11. The lowest BCUT2D eigenvalue weighted by atomic mass is 9.87. The molecule has 0 spiro atoms. The maximum Gasteiger partial charge on any atom is 0.0714 e. The van der Waals surface area contributed by atoms with E-state index in [9.17, 15) is 5.41 Å². The Labute approximate surface area is 287 Å². The SMILES string of the molecule is C=C/C=C\C(=N)c1c2cc3c(cc2c(-c2ccccn2)c2c4cccc5c6ccccc6cc(c12)c54)c1cc2ccccc2c2cccc3c21. The molecule has 0 bridgehead atoms. The van der Waals surface area contributed by atoms with E-state index in [-0.39, 0.29) is 0 Å². The molecule has 2 nitrogen and oxygen atoms in total. The molecule has 0 fully saturated rings. The van der Waals surface area contributed by atoms with E-state index in [1.165, 1.54) is 75.4 Å². The zero-order chi connectivity index (χ0) is 33.1. The topological polar surface area (TPSA) is 36.7 Å². The summed E-state index contributed by atoms with van der Waals surface area (Å²) >= 11 is 0. The lowest BCUT2D eigenvalue weighted by Crippen LogP contribution is -2.00. The fourth-order valence-corrected chi connectivity index (χ4v) is 8.99. The number of benzene rings is 8. The largest absolute Gasteiger partial charge is 0.300 e. The number of nitrogens with zero attached hydrogens (tertiary/aromatic N) is 1. The molecule has 0 aliphatic heterocycles. The Hall–Kier alpha value is -6.64. The van der Waals surface area contributed by atoms with Crippen molar-refractivity contribution in [1.82, 2.24) is 4.98 Å². The smallest absolute Gasteiger partial charge is 0.0714 e. The highest BCUT2D eigenvalue weighted by molar-refractivity contribution is 6.45. The highest BCUT2D eigenvalue weighted by atomic mass is 14.7. The number of allylic oxidation sites excluding steroid dienone is 3. The van der Waals surface area contributed by atoms with Crippen LogP contribution in [-0.4, -0.2) is 10.7 Å². The highest BCUT2D eigenvalue weighted by Crippen LogP contribution is 2.51. The van der Waals surface area contributed by atoms with Crippen LogP contribution < -0.4 is 0 Å². The van der Waals surface area contributed by atoms with Gasteiger partial charge in [-0.1, -0.05) is 110 Å². The van der Waals surface area contributed by atoms with Crippen molar-refractivity contribution < 1.29 is 0 Å². The zero-order valence-corrected chi connectivity index (χ0v) is 27.1. The monoisotopic (exact) mass is 632 g/mol. The molecule has 0 radical (unpaired) electrons. The van der Waals surface area contributed by atoms with Gasteiger partial charge in [-0.25, -0.2) is 0 Å². The van der Waals surface area contributed by atoms with Crippen molar-refractivity contribution in [1.29, 1.82) is 5.41 Å². The minimum absolute atomic E-state index is 0.465. The second kappa shape index (κ2) is 9.95. The molecule has 0 amide bonds. The van der Waals surface area contributed by atoms with Gasteiger partial charge in [0.15, 0.2) is 0 Å². The van der Waals surface area contributed by atoms with Gasteiger partial charge in [0, 0.05) is 28.1 Å². The third-order valence-corrected chi connectivity index (χ3v) is 10.9. The zero-order valence-electron chi connectivity index (χ0n) is 27.1. The standard InChI is InChI=1S/C48H28N2/c1-2-3-20-41(49)45-38-25-35-33-18-10-16-31-29-14-6-4-12-27(29)23-37(43(31)33)36(35)26-39(38)46(42-21-8-9-22-50-42)47-34-19-11-17-32-30-15-7-5-13-28(30)24-40(44(32)34)48(45)47/h2-26,49H,1H2/b20-3-,49-41?. The summed E-state index contributed by atoms with van der Waals surface area (Å²) in [4.78, 5) is 5.01. The van der Waals surface area contributed by atoms with E-state index in [4.69, 9.17) is 4.98 Å². The van der Waals surface area contributed by atoms with E-state index < -0.39 is 0 Å². The van der Waals surface area contributed by atoms with E-state index in [0.29, 0.717) is 5.71 Å². The molecule has 0 saturated heterocycles. The maximum atomic E-state index is 9.71. The summed E-state index contributed by atoms with van der Waals surface area (Å²) in [5.41, 5.74) is 3.45. The van der Waals surface area contributed by atoms with Gasteiger partial charge in [-0.05, 0) is 129 Å². The van der Waals surface area contributed by atoms with Gasteiger partial charge in [-0.2, -0.15) is 0 Å². The average Bonchev–Trinajstić information content (AvgIpc) is 3.65. The second-order valence-corrected chi connectivity index (χ2v) is 13.4. The summed E-state index contributed by atoms with van der Waals surface area (Å²) in [6.45, 7) is 3.94. The average molecular weight is 633 g/mol. The number of aromatic nitrogens is 1. The molecular weight excluding hydrogens is 605 g/mol. The van der Waals surface area contributed by atoms with Crippen LogP contribution in [0.3, 0.4) is 0 Å². The van der Waals surface area contributed by atoms with Crippen LogP contribution in [0.15, 0.2) is 158 Å². The van der Waals surface area contributed by atoms with Crippen molar-refractivity contribution >= 4 is 103 Å². The van der Waals surface area contributed by atoms with Gasteiger partial charge in [-0.3, -0.25) is 4.98 Å². The van der Waals surface area contributed by atoms with E-state index in [2.05, 4.69) is 128 Å². The Morgan fingerprint density at radius 1 is 0.480 bits per heavy atom. The van der Waals surface area contributed by atoms with E-state index >= 15 is 0 Å². The number of nitrogens with one attached hydrogen (secondary N) is 1. The van der Waals surface area contributed by atoms with Crippen LogP contribution in [0.25, 0.3) is 108 Å². The van der Waals surface area contributed by atoms with Gasteiger partial charge in [0.05, 0.1) is 11.4 Å². The summed E-state index contributed by atoms with van der Waals surface area (Å²) in [6, 6.07) is 46.4. The van der Waals surface area contributed by atoms with Gasteiger partial charge in [0.1, 0.15) is 0 Å². The number of hydrogen-bond donors (Lipinski definition) is 1. The van der Waals surface area contributed by atoms with Crippen molar-refractivity contribution in [2.75, 3.05) is 0 Å². The van der Waals surface area contributed by atoms with Crippen LogP contribution in [0.1, 0.15) is 5.56 Å².